The van der Waals surface area contributed by atoms with Gasteiger partial charge < -0.3 is 5.32 Å². The highest BCUT2D eigenvalue weighted by molar-refractivity contribution is 5.59. The van der Waals surface area contributed by atoms with Crippen molar-refractivity contribution in [3.05, 3.63) is 42.1 Å². The number of benzene rings is 1. The van der Waals surface area contributed by atoms with Crippen LogP contribution in [0.4, 0.5) is 0 Å². The fraction of sp³-hybridized carbons (Fsp3) is 0.357. The quantitative estimate of drug-likeness (QED) is 0.871. The molecule has 1 unspecified atom stereocenters. The maximum absolute atomic E-state index is 4.55. The molecule has 1 heterocycles. The van der Waals surface area contributed by atoms with E-state index in [4.69, 9.17) is 0 Å². The predicted octanol–water partition coefficient (Wildman–Crippen LogP) is 2.24. The zero-order chi connectivity index (χ0) is 12.3. The minimum absolute atomic E-state index is 0.452. The van der Waals surface area contributed by atoms with Crippen molar-refractivity contribution in [2.75, 3.05) is 7.05 Å². The molecule has 3 heteroatoms. The van der Waals surface area contributed by atoms with Crippen LogP contribution in [0.25, 0.3) is 11.3 Å². The number of rotatable bonds is 4. The van der Waals surface area contributed by atoms with Gasteiger partial charge in [0.1, 0.15) is 0 Å². The van der Waals surface area contributed by atoms with Gasteiger partial charge in [0.15, 0.2) is 0 Å². The highest BCUT2D eigenvalue weighted by atomic mass is 15.3. The van der Waals surface area contributed by atoms with Gasteiger partial charge in [-0.3, -0.25) is 4.68 Å². The molecule has 90 valence electrons. The summed E-state index contributed by atoms with van der Waals surface area (Å²) in [6.07, 6.45) is 0.956. The summed E-state index contributed by atoms with van der Waals surface area (Å²) in [4.78, 5) is 0. The first-order chi connectivity index (χ1) is 8.20. The number of aryl methyl sites for hydroxylation is 1. The van der Waals surface area contributed by atoms with E-state index in [0.29, 0.717) is 6.04 Å². The summed E-state index contributed by atoms with van der Waals surface area (Å²) < 4.78 is 1.95. The number of nitrogens with zero attached hydrogens (tertiary/aromatic N) is 2. The van der Waals surface area contributed by atoms with Crippen molar-refractivity contribution in [1.82, 2.24) is 15.1 Å². The third-order valence-corrected chi connectivity index (χ3v) is 3.01. The minimum atomic E-state index is 0.452. The Bertz CT molecular complexity index is 473. The number of hydrogen-bond donors (Lipinski definition) is 1. The molecule has 1 N–H and O–H groups in total. The summed E-state index contributed by atoms with van der Waals surface area (Å²) in [5.74, 6) is 0. The van der Waals surface area contributed by atoms with E-state index < -0.39 is 0 Å². The van der Waals surface area contributed by atoms with E-state index in [1.165, 1.54) is 11.3 Å². The first kappa shape index (κ1) is 11.9. The van der Waals surface area contributed by atoms with Crippen molar-refractivity contribution >= 4 is 0 Å². The number of hydrogen-bond acceptors (Lipinski definition) is 2. The molecule has 0 spiro atoms. The van der Waals surface area contributed by atoms with Crippen LogP contribution in [0.1, 0.15) is 12.6 Å². The van der Waals surface area contributed by atoms with Gasteiger partial charge in [0.25, 0.3) is 0 Å². The summed E-state index contributed by atoms with van der Waals surface area (Å²) in [6, 6.07) is 13.0. The zero-order valence-electron chi connectivity index (χ0n) is 10.6. The highest BCUT2D eigenvalue weighted by Gasteiger charge is 2.09. The van der Waals surface area contributed by atoms with Crippen LogP contribution in [0.5, 0.6) is 0 Å². The van der Waals surface area contributed by atoms with Crippen molar-refractivity contribution in [2.45, 2.75) is 19.4 Å². The van der Waals surface area contributed by atoms with E-state index in [0.717, 1.165) is 12.1 Å². The average molecular weight is 229 g/mol. The summed E-state index contributed by atoms with van der Waals surface area (Å²) in [6.45, 7) is 2.16. The number of nitrogens with one attached hydrogen (secondary N) is 1. The molecule has 1 aromatic carbocycles. The molecule has 2 aromatic rings. The lowest BCUT2D eigenvalue weighted by Gasteiger charge is -2.06. The molecule has 0 bridgehead atoms. The Labute approximate surface area is 102 Å². The van der Waals surface area contributed by atoms with Crippen LogP contribution in [-0.4, -0.2) is 22.9 Å². The predicted molar refractivity (Wildman–Crippen MR) is 70.9 cm³/mol. The van der Waals surface area contributed by atoms with Gasteiger partial charge in [-0.05, 0) is 25.6 Å². The van der Waals surface area contributed by atoms with Crippen LogP contribution in [-0.2, 0) is 13.5 Å². The van der Waals surface area contributed by atoms with E-state index in [9.17, 15) is 0 Å². The lowest BCUT2D eigenvalue weighted by Crippen LogP contribution is -2.23. The van der Waals surface area contributed by atoms with Crippen molar-refractivity contribution in [3.63, 3.8) is 0 Å². The van der Waals surface area contributed by atoms with Crippen LogP contribution in [0.2, 0.25) is 0 Å². The van der Waals surface area contributed by atoms with Gasteiger partial charge in [-0.2, -0.15) is 5.10 Å². The second-order valence-electron chi connectivity index (χ2n) is 4.40. The van der Waals surface area contributed by atoms with E-state index in [2.05, 4.69) is 47.7 Å². The summed E-state index contributed by atoms with van der Waals surface area (Å²) in [5.41, 5.74) is 3.52. The van der Waals surface area contributed by atoms with Crippen LogP contribution >= 0.6 is 0 Å². The molecule has 2 rings (SSSR count). The fourth-order valence-corrected chi connectivity index (χ4v) is 1.92. The number of aromatic nitrogens is 2. The molecule has 0 aliphatic heterocycles. The average Bonchev–Trinajstić information content (AvgIpc) is 2.71. The molecular weight excluding hydrogens is 210 g/mol. The molecule has 1 atom stereocenters. The third kappa shape index (κ3) is 2.74. The van der Waals surface area contributed by atoms with Gasteiger partial charge in [0, 0.05) is 19.5 Å². The lowest BCUT2D eigenvalue weighted by atomic mass is 10.1. The van der Waals surface area contributed by atoms with Gasteiger partial charge >= 0.3 is 0 Å². The zero-order valence-corrected chi connectivity index (χ0v) is 10.6. The van der Waals surface area contributed by atoms with E-state index in [1.807, 2.05) is 24.8 Å². The van der Waals surface area contributed by atoms with Gasteiger partial charge in [0.05, 0.1) is 11.4 Å². The van der Waals surface area contributed by atoms with Crippen LogP contribution < -0.4 is 5.32 Å². The smallest absolute Gasteiger partial charge is 0.0681 e. The molecule has 0 saturated carbocycles. The number of likely N-dealkylation sites (N-methyl/N-ethyl adjacent to an activating group) is 1. The Kier molecular flexibility index (Phi) is 3.59. The Balaban J connectivity index is 2.25. The SMILES string of the molecule is CNC(C)Cc1cc(-c2ccccc2)n(C)n1. The first-order valence-electron chi connectivity index (χ1n) is 5.96. The Morgan fingerprint density at radius 2 is 2.00 bits per heavy atom. The largest absolute Gasteiger partial charge is 0.317 e. The molecule has 17 heavy (non-hydrogen) atoms. The second kappa shape index (κ2) is 5.15. The molecule has 3 nitrogen and oxygen atoms in total. The van der Waals surface area contributed by atoms with Crippen molar-refractivity contribution in [1.29, 1.82) is 0 Å². The van der Waals surface area contributed by atoms with Crippen LogP contribution in [0.15, 0.2) is 36.4 Å². The second-order valence-corrected chi connectivity index (χ2v) is 4.40. The molecule has 0 fully saturated rings. The molecule has 0 aliphatic rings. The van der Waals surface area contributed by atoms with Gasteiger partial charge in [-0.15, -0.1) is 0 Å². The third-order valence-electron chi connectivity index (χ3n) is 3.01. The van der Waals surface area contributed by atoms with Crippen LogP contribution in [0.3, 0.4) is 0 Å². The first-order valence-corrected chi connectivity index (χ1v) is 5.96. The molecule has 0 radical (unpaired) electrons. The normalized spacial score (nSPS) is 12.6. The summed E-state index contributed by atoms with van der Waals surface area (Å²) in [7, 11) is 3.97. The van der Waals surface area contributed by atoms with Gasteiger partial charge in [-0.1, -0.05) is 30.3 Å². The van der Waals surface area contributed by atoms with E-state index in [1.54, 1.807) is 0 Å². The topological polar surface area (TPSA) is 29.9 Å². The molecular formula is C14H19N3. The molecule has 0 saturated heterocycles. The Morgan fingerprint density at radius 3 is 2.65 bits per heavy atom. The monoisotopic (exact) mass is 229 g/mol. The van der Waals surface area contributed by atoms with Crippen molar-refractivity contribution in [3.8, 4) is 11.3 Å². The van der Waals surface area contributed by atoms with Gasteiger partial charge in [-0.25, -0.2) is 0 Å². The summed E-state index contributed by atoms with van der Waals surface area (Å²) in [5, 5.41) is 7.78. The highest BCUT2D eigenvalue weighted by Crippen LogP contribution is 2.19. The maximum atomic E-state index is 4.55. The fourth-order valence-electron chi connectivity index (χ4n) is 1.92. The van der Waals surface area contributed by atoms with Gasteiger partial charge in [0.2, 0.25) is 0 Å². The lowest BCUT2D eigenvalue weighted by molar-refractivity contribution is 0.593. The molecule has 0 amide bonds. The van der Waals surface area contributed by atoms with E-state index >= 15 is 0 Å². The molecule has 1 aromatic heterocycles. The van der Waals surface area contributed by atoms with Crippen LogP contribution in [0, 0.1) is 0 Å². The Morgan fingerprint density at radius 1 is 1.29 bits per heavy atom. The van der Waals surface area contributed by atoms with Crippen molar-refractivity contribution < 1.29 is 0 Å². The minimum Gasteiger partial charge on any atom is -0.317 e. The maximum Gasteiger partial charge on any atom is 0.0681 e. The standard InChI is InChI=1S/C14H19N3/c1-11(15-2)9-13-10-14(17(3)16-13)12-7-5-4-6-8-12/h4-8,10-11,15H,9H2,1-3H3. The summed E-state index contributed by atoms with van der Waals surface area (Å²) >= 11 is 0. The van der Waals surface area contributed by atoms with E-state index in [-0.39, 0.29) is 0 Å². The molecule has 0 aliphatic carbocycles. The Hall–Kier alpha value is -1.61. The van der Waals surface area contributed by atoms with Crippen molar-refractivity contribution in [2.24, 2.45) is 7.05 Å².